The van der Waals surface area contributed by atoms with Crippen LogP contribution in [0.15, 0.2) is 36.4 Å². The number of halogens is 1. The molecule has 1 heteroatoms. The minimum absolute atomic E-state index is 0.672. The third-order valence-corrected chi connectivity index (χ3v) is 4.29. The Morgan fingerprint density at radius 1 is 0.882 bits per heavy atom. The molecule has 88 valence electrons. The second-order valence-electron chi connectivity index (χ2n) is 5.17. The standard InChI is InChI=1S/C16H17Cl/c17-16-11-14-5-3-12(4-6-14)1-2-13-7-9-15(16)10-8-13/h1-2,7-12,14H,3-6H2/b2-1-,16-11+. The Kier molecular flexibility index (Phi) is 3.07. The van der Waals surface area contributed by atoms with Gasteiger partial charge < -0.3 is 0 Å². The van der Waals surface area contributed by atoms with Crippen LogP contribution >= 0.6 is 11.6 Å². The van der Waals surface area contributed by atoms with Gasteiger partial charge in [-0.05, 0) is 48.6 Å². The van der Waals surface area contributed by atoms with Crippen molar-refractivity contribution in [2.75, 3.05) is 0 Å². The van der Waals surface area contributed by atoms with Gasteiger partial charge >= 0.3 is 0 Å². The van der Waals surface area contributed by atoms with Crippen molar-refractivity contribution < 1.29 is 0 Å². The van der Waals surface area contributed by atoms with E-state index >= 15 is 0 Å². The van der Waals surface area contributed by atoms with Crippen LogP contribution in [-0.2, 0) is 0 Å². The first kappa shape index (κ1) is 11.1. The summed E-state index contributed by atoms with van der Waals surface area (Å²) < 4.78 is 0. The van der Waals surface area contributed by atoms with E-state index < -0.39 is 0 Å². The molecule has 0 nitrogen and oxygen atoms in total. The van der Waals surface area contributed by atoms with Crippen LogP contribution in [0.3, 0.4) is 0 Å². The average molecular weight is 245 g/mol. The Hall–Kier alpha value is -1.01. The molecule has 0 radical (unpaired) electrons. The quantitative estimate of drug-likeness (QED) is 0.596. The van der Waals surface area contributed by atoms with Crippen LogP contribution < -0.4 is 0 Å². The fraction of sp³-hybridized carbons (Fsp3) is 0.375. The largest absolute Gasteiger partial charge is 0.0840 e. The van der Waals surface area contributed by atoms with E-state index in [0.29, 0.717) is 5.92 Å². The van der Waals surface area contributed by atoms with Crippen molar-refractivity contribution in [3.63, 3.8) is 0 Å². The second-order valence-corrected chi connectivity index (χ2v) is 5.58. The molecular formula is C16H17Cl. The molecule has 0 spiro atoms. The lowest BCUT2D eigenvalue weighted by atomic mass is 9.81. The Labute approximate surface area is 108 Å². The van der Waals surface area contributed by atoms with Crippen molar-refractivity contribution in [2.45, 2.75) is 25.7 Å². The summed E-state index contributed by atoms with van der Waals surface area (Å²) in [5.74, 6) is 1.43. The Morgan fingerprint density at radius 2 is 1.53 bits per heavy atom. The van der Waals surface area contributed by atoms with Crippen LogP contribution in [0, 0.1) is 11.8 Å². The Bertz CT molecular complexity index is 445. The molecule has 0 atom stereocenters. The highest BCUT2D eigenvalue weighted by Crippen LogP contribution is 2.34. The third kappa shape index (κ3) is 2.47. The second kappa shape index (κ2) is 4.70. The van der Waals surface area contributed by atoms with Crippen LogP contribution in [0.2, 0.25) is 0 Å². The molecule has 6 rings (SSSR count). The molecule has 0 unspecified atom stereocenters. The zero-order valence-corrected chi connectivity index (χ0v) is 10.7. The van der Waals surface area contributed by atoms with Gasteiger partial charge in [0.05, 0.1) is 0 Å². The van der Waals surface area contributed by atoms with E-state index in [0.717, 1.165) is 16.5 Å². The van der Waals surface area contributed by atoms with E-state index in [1.54, 1.807) is 0 Å². The van der Waals surface area contributed by atoms with E-state index in [1.807, 2.05) is 0 Å². The minimum Gasteiger partial charge on any atom is -0.0840 e. The number of rotatable bonds is 0. The Morgan fingerprint density at radius 3 is 2.24 bits per heavy atom. The van der Waals surface area contributed by atoms with Gasteiger partial charge in [0.15, 0.2) is 0 Å². The first-order valence-corrected chi connectivity index (χ1v) is 6.85. The zero-order chi connectivity index (χ0) is 11.7. The molecule has 0 saturated heterocycles. The highest BCUT2D eigenvalue weighted by atomic mass is 35.5. The van der Waals surface area contributed by atoms with E-state index in [-0.39, 0.29) is 0 Å². The summed E-state index contributed by atoms with van der Waals surface area (Å²) in [6.07, 6.45) is 12.1. The van der Waals surface area contributed by atoms with E-state index in [4.69, 9.17) is 11.6 Å². The number of hydrogen-bond donors (Lipinski definition) is 0. The Balaban J connectivity index is 2.03. The maximum Gasteiger partial charge on any atom is 0.0441 e. The molecule has 0 heterocycles. The first-order valence-electron chi connectivity index (χ1n) is 6.47. The van der Waals surface area contributed by atoms with Crippen LogP contribution in [0.5, 0.6) is 0 Å². The SMILES string of the molecule is Cl/C1=C/C2CCC(/C=C\c3ccc1cc3)CC2. The van der Waals surface area contributed by atoms with Gasteiger partial charge in [-0.3, -0.25) is 0 Å². The number of hydrogen-bond acceptors (Lipinski definition) is 0. The first-order chi connectivity index (χ1) is 8.31. The molecule has 1 aromatic carbocycles. The van der Waals surface area contributed by atoms with Gasteiger partial charge in [-0.25, -0.2) is 0 Å². The molecule has 5 aliphatic rings. The smallest absolute Gasteiger partial charge is 0.0441 e. The van der Waals surface area contributed by atoms with Crippen LogP contribution in [0.1, 0.15) is 36.8 Å². The molecule has 1 saturated carbocycles. The molecule has 0 N–H and O–H groups in total. The van der Waals surface area contributed by atoms with Gasteiger partial charge in [-0.15, -0.1) is 0 Å². The fourth-order valence-corrected chi connectivity index (χ4v) is 3.11. The van der Waals surface area contributed by atoms with Gasteiger partial charge in [0.1, 0.15) is 0 Å². The maximum absolute atomic E-state index is 6.39. The van der Waals surface area contributed by atoms with Gasteiger partial charge in [0.2, 0.25) is 0 Å². The lowest BCUT2D eigenvalue weighted by Crippen LogP contribution is -2.11. The van der Waals surface area contributed by atoms with Crippen LogP contribution in [-0.4, -0.2) is 0 Å². The number of allylic oxidation sites excluding steroid dienone is 2. The van der Waals surface area contributed by atoms with Crippen LogP contribution in [0.4, 0.5) is 0 Å². The normalized spacial score (nSPS) is 32.4. The molecule has 1 fully saturated rings. The molecule has 0 aromatic heterocycles. The van der Waals surface area contributed by atoms with Crippen molar-refractivity contribution in [3.8, 4) is 0 Å². The van der Waals surface area contributed by atoms with E-state index in [1.165, 1.54) is 31.2 Å². The highest BCUT2D eigenvalue weighted by Gasteiger charge is 2.18. The molecule has 17 heavy (non-hydrogen) atoms. The predicted molar refractivity (Wildman–Crippen MR) is 74.8 cm³/mol. The lowest BCUT2D eigenvalue weighted by molar-refractivity contribution is 0.358. The van der Waals surface area contributed by atoms with E-state index in [9.17, 15) is 0 Å². The molecule has 1 aromatic rings. The van der Waals surface area contributed by atoms with Crippen molar-refractivity contribution in [1.82, 2.24) is 0 Å². The summed E-state index contributed by atoms with van der Waals surface area (Å²) in [6.45, 7) is 0. The van der Waals surface area contributed by atoms with Gasteiger partial charge in [-0.2, -0.15) is 0 Å². The summed E-state index contributed by atoms with van der Waals surface area (Å²) in [5.41, 5.74) is 2.42. The fourth-order valence-electron chi connectivity index (χ4n) is 2.81. The summed E-state index contributed by atoms with van der Waals surface area (Å²) in [7, 11) is 0. The molecule has 4 bridgehead atoms. The molecule has 0 aliphatic heterocycles. The van der Waals surface area contributed by atoms with Crippen molar-refractivity contribution in [1.29, 1.82) is 0 Å². The molecule has 0 amide bonds. The monoisotopic (exact) mass is 244 g/mol. The average Bonchev–Trinajstić information content (AvgIpc) is 2.36. The summed E-state index contributed by atoms with van der Waals surface area (Å²) in [4.78, 5) is 0. The van der Waals surface area contributed by atoms with Crippen LogP contribution in [0.25, 0.3) is 11.1 Å². The summed E-state index contributed by atoms with van der Waals surface area (Å²) in [6, 6.07) is 8.54. The summed E-state index contributed by atoms with van der Waals surface area (Å²) >= 11 is 6.39. The van der Waals surface area contributed by atoms with Crippen molar-refractivity contribution in [2.24, 2.45) is 11.8 Å². The lowest BCUT2D eigenvalue weighted by Gasteiger charge is -2.25. The molecule has 5 aliphatic carbocycles. The topological polar surface area (TPSA) is 0 Å². The zero-order valence-electron chi connectivity index (χ0n) is 9.90. The number of benzene rings is 1. The van der Waals surface area contributed by atoms with Crippen molar-refractivity contribution >= 4 is 22.7 Å². The third-order valence-electron chi connectivity index (χ3n) is 3.95. The van der Waals surface area contributed by atoms with E-state index in [2.05, 4.69) is 42.5 Å². The minimum atomic E-state index is 0.672. The van der Waals surface area contributed by atoms with Gasteiger partial charge in [0.25, 0.3) is 0 Å². The predicted octanol–water partition coefficient (Wildman–Crippen LogP) is 5.10. The highest BCUT2D eigenvalue weighted by molar-refractivity contribution is 6.48. The van der Waals surface area contributed by atoms with Crippen molar-refractivity contribution in [3.05, 3.63) is 47.5 Å². The maximum atomic E-state index is 6.39. The molecular weight excluding hydrogens is 228 g/mol. The summed E-state index contributed by atoms with van der Waals surface area (Å²) in [5, 5.41) is 0.921. The van der Waals surface area contributed by atoms with Gasteiger partial charge in [-0.1, -0.05) is 54.1 Å². The van der Waals surface area contributed by atoms with Gasteiger partial charge in [0, 0.05) is 5.03 Å².